The van der Waals surface area contributed by atoms with Crippen LogP contribution in [0.3, 0.4) is 0 Å². The molecule has 0 saturated carbocycles. The maximum absolute atomic E-state index is 17.3. The number of anilines is 2. The van der Waals surface area contributed by atoms with Crippen molar-refractivity contribution in [3.63, 3.8) is 0 Å². The molecule has 0 spiro atoms. The fourth-order valence-corrected chi connectivity index (χ4v) is 10.1. The number of nitriles is 1. The lowest BCUT2D eigenvalue weighted by Gasteiger charge is -2.32. The van der Waals surface area contributed by atoms with Crippen molar-refractivity contribution in [2.24, 2.45) is 0 Å². The average molecular weight is 801 g/mol. The molecule has 1 amide bonds. The van der Waals surface area contributed by atoms with Gasteiger partial charge < -0.3 is 20.3 Å². The number of likely N-dealkylation sites (N-methyl/N-ethyl adjacent to an activating group) is 1. The second-order valence-electron chi connectivity index (χ2n) is 14.2. The highest BCUT2D eigenvalue weighted by molar-refractivity contribution is 7.23. The summed E-state index contributed by atoms with van der Waals surface area (Å²) in [6, 6.07) is 3.75. The first-order chi connectivity index (χ1) is 26.2. The number of thiazole rings is 1. The predicted octanol–water partition coefficient (Wildman–Crippen LogP) is 7.72. The van der Waals surface area contributed by atoms with Gasteiger partial charge in [0.2, 0.25) is 0 Å². The Bertz CT molecular complexity index is 2400. The third-order valence-corrected chi connectivity index (χ3v) is 12.9. The van der Waals surface area contributed by atoms with Gasteiger partial charge in [0, 0.05) is 66.1 Å². The van der Waals surface area contributed by atoms with Crippen molar-refractivity contribution in [2.45, 2.75) is 63.5 Å². The van der Waals surface area contributed by atoms with Crippen molar-refractivity contribution in [2.75, 3.05) is 50.0 Å². The molecule has 0 aliphatic carbocycles. The number of nitrogen functional groups attached to an aromatic ring is 1. The molecular weight excluding hydrogens is 767 g/mol. The van der Waals surface area contributed by atoms with Crippen LogP contribution in [-0.2, 0) is 6.18 Å². The minimum Gasteiger partial charge on any atom is -0.461 e. The largest absolute Gasteiger partial charge is 0.461 e. The highest BCUT2D eigenvalue weighted by Crippen LogP contribution is 2.48. The van der Waals surface area contributed by atoms with E-state index < -0.39 is 52.2 Å². The number of alkyl halides is 4. The van der Waals surface area contributed by atoms with Gasteiger partial charge in [-0.2, -0.15) is 28.4 Å². The Morgan fingerprint density at radius 2 is 2.00 bits per heavy atom. The van der Waals surface area contributed by atoms with Crippen LogP contribution in [0.5, 0.6) is 6.01 Å². The highest BCUT2D eigenvalue weighted by Gasteiger charge is 2.49. The molecule has 3 aliphatic heterocycles. The normalized spacial score (nSPS) is 21.5. The zero-order valence-electron chi connectivity index (χ0n) is 29.6. The Labute approximate surface area is 319 Å². The Balaban J connectivity index is 1.30. The lowest BCUT2D eigenvalue weighted by molar-refractivity contribution is -0.137. The number of thiophene rings is 1. The van der Waals surface area contributed by atoms with Crippen LogP contribution in [0.15, 0.2) is 24.4 Å². The van der Waals surface area contributed by atoms with E-state index in [9.17, 15) is 14.4 Å². The summed E-state index contributed by atoms with van der Waals surface area (Å²) in [5.74, 6) is -2.53. The number of nitrogens with zero attached hydrogens (tertiary/aromatic N) is 7. The van der Waals surface area contributed by atoms with Gasteiger partial charge in [-0.15, -0.1) is 22.7 Å². The van der Waals surface area contributed by atoms with E-state index in [1.807, 2.05) is 17.9 Å². The SMILES string of the molecule is CCN(c1nc(OCC23CCCN2CC(F)C3)nc2c(F)c(-c3ccc(F)c4sc(N)c(C#N)c34)c(C(F)(F)F)cc12)C1CCN(C(=O)c2ncc(C)s2)C1. The molecule has 3 aromatic heterocycles. The van der Waals surface area contributed by atoms with Crippen molar-refractivity contribution in [1.29, 1.82) is 5.26 Å². The Morgan fingerprint density at radius 3 is 2.71 bits per heavy atom. The Kier molecular flexibility index (Phi) is 9.32. The van der Waals surface area contributed by atoms with Gasteiger partial charge in [-0.05, 0) is 57.4 Å². The van der Waals surface area contributed by atoms with Gasteiger partial charge in [0.1, 0.15) is 41.0 Å². The minimum absolute atomic E-state index is 0.0309. The molecule has 5 aromatic rings. The van der Waals surface area contributed by atoms with Crippen LogP contribution in [0.25, 0.3) is 32.1 Å². The highest BCUT2D eigenvalue weighted by atomic mass is 32.1. The van der Waals surface area contributed by atoms with Crippen molar-refractivity contribution in [3.8, 4) is 23.2 Å². The molecule has 2 aromatic carbocycles. The summed E-state index contributed by atoms with van der Waals surface area (Å²) in [6.07, 6.45) is -2.47. The van der Waals surface area contributed by atoms with Gasteiger partial charge in [0.05, 0.1) is 21.4 Å². The molecule has 3 aliphatic rings. The predicted molar refractivity (Wildman–Crippen MR) is 197 cm³/mol. The fraction of sp³-hybridized carbons (Fsp3) is 0.432. The van der Waals surface area contributed by atoms with Crippen molar-refractivity contribution in [3.05, 3.63) is 57.0 Å². The van der Waals surface area contributed by atoms with Crippen LogP contribution in [0.4, 0.5) is 37.2 Å². The first kappa shape index (κ1) is 37.2. The van der Waals surface area contributed by atoms with Gasteiger partial charge in [-0.1, -0.05) is 6.07 Å². The molecule has 2 N–H and O–H groups in total. The third kappa shape index (κ3) is 6.29. The number of hydrogen-bond acceptors (Lipinski definition) is 11. The quantitative estimate of drug-likeness (QED) is 0.157. The number of hydrogen-bond donors (Lipinski definition) is 1. The maximum Gasteiger partial charge on any atom is 0.417 e. The zero-order chi connectivity index (χ0) is 39.0. The summed E-state index contributed by atoms with van der Waals surface area (Å²) in [5.41, 5.74) is 1.86. The van der Waals surface area contributed by atoms with Gasteiger partial charge >= 0.3 is 12.2 Å². The number of aryl methyl sites for hydroxylation is 1. The number of likely N-dealkylation sites (tertiary alicyclic amines) is 1. The first-order valence-corrected chi connectivity index (χ1v) is 19.4. The number of nitrogens with two attached hydrogens (primary N) is 1. The van der Waals surface area contributed by atoms with E-state index in [1.54, 1.807) is 22.9 Å². The smallest absolute Gasteiger partial charge is 0.417 e. The number of fused-ring (bicyclic) bond motifs is 3. The van der Waals surface area contributed by atoms with Crippen LogP contribution in [0, 0.1) is 29.9 Å². The third-order valence-electron chi connectivity index (χ3n) is 10.9. The van der Waals surface area contributed by atoms with Gasteiger partial charge in [-0.3, -0.25) is 9.69 Å². The summed E-state index contributed by atoms with van der Waals surface area (Å²) in [6.45, 7) is 5.24. The number of rotatable bonds is 8. The molecule has 0 bridgehead atoms. The van der Waals surface area contributed by atoms with Gasteiger partial charge in [0.25, 0.3) is 5.91 Å². The number of carbonyl (C=O) groups excluding carboxylic acids is 1. The standard InChI is InChI=1S/C37H34F6N8O2S2/c1-3-51(20-7-10-49(16-20)34(52)33-46-14-18(2)54-33)32-22-11-24(37(41,42)43)27(21-5-6-25(39)30-26(21)23(13-44)31(45)55-30)28(40)29(22)47-35(48-32)53-17-36-8-4-9-50(36)15-19(38)12-36/h5-6,11,14,19-20H,3-4,7-10,12,15-17,45H2,1-2H3. The van der Waals surface area contributed by atoms with Crippen LogP contribution < -0.4 is 15.4 Å². The summed E-state index contributed by atoms with van der Waals surface area (Å²) < 4.78 is 98.4. The van der Waals surface area contributed by atoms with E-state index in [0.29, 0.717) is 42.3 Å². The Hall–Kier alpha value is -4.73. The van der Waals surface area contributed by atoms with Crippen molar-refractivity contribution in [1.82, 2.24) is 24.8 Å². The molecule has 288 valence electrons. The lowest BCUT2D eigenvalue weighted by Crippen LogP contribution is -2.43. The number of amides is 1. The molecule has 3 atom stereocenters. The minimum atomic E-state index is -5.14. The number of aromatic nitrogens is 3. The fourth-order valence-electron chi connectivity index (χ4n) is 8.47. The van der Waals surface area contributed by atoms with E-state index in [-0.39, 0.29) is 82.0 Å². The molecule has 18 heteroatoms. The van der Waals surface area contributed by atoms with E-state index in [0.717, 1.165) is 29.5 Å². The number of benzene rings is 2. The van der Waals surface area contributed by atoms with Crippen molar-refractivity contribution < 1.29 is 35.9 Å². The molecule has 0 radical (unpaired) electrons. The maximum atomic E-state index is 17.3. The van der Waals surface area contributed by atoms with Crippen LogP contribution in [0.2, 0.25) is 0 Å². The monoisotopic (exact) mass is 800 g/mol. The second kappa shape index (κ2) is 13.8. The Morgan fingerprint density at radius 1 is 1.20 bits per heavy atom. The number of ether oxygens (including phenoxy) is 1. The van der Waals surface area contributed by atoms with Crippen LogP contribution in [0.1, 0.15) is 58.4 Å². The topological polar surface area (TPSA) is 125 Å². The van der Waals surface area contributed by atoms with Gasteiger partial charge in [0.15, 0.2) is 10.8 Å². The van der Waals surface area contributed by atoms with Crippen LogP contribution >= 0.6 is 22.7 Å². The van der Waals surface area contributed by atoms with Crippen molar-refractivity contribution >= 4 is 60.4 Å². The molecule has 55 heavy (non-hydrogen) atoms. The molecule has 10 nitrogen and oxygen atoms in total. The van der Waals surface area contributed by atoms with Crippen LogP contribution in [-0.4, -0.2) is 87.7 Å². The van der Waals surface area contributed by atoms with E-state index in [1.165, 1.54) is 11.3 Å². The summed E-state index contributed by atoms with van der Waals surface area (Å²) in [4.78, 5) is 32.7. The molecule has 3 fully saturated rings. The number of carbonyl (C=O) groups is 1. The van der Waals surface area contributed by atoms with E-state index >= 15 is 22.0 Å². The molecule has 6 heterocycles. The molecule has 3 saturated heterocycles. The number of halogens is 6. The summed E-state index contributed by atoms with van der Waals surface area (Å²) >= 11 is 1.93. The lowest BCUT2D eigenvalue weighted by atomic mass is 9.92. The molecule has 3 unspecified atom stereocenters. The van der Waals surface area contributed by atoms with E-state index in [2.05, 4.69) is 15.0 Å². The zero-order valence-corrected chi connectivity index (χ0v) is 31.3. The average Bonchev–Trinajstić information content (AvgIpc) is 3.97. The summed E-state index contributed by atoms with van der Waals surface area (Å²) in [5, 5.41) is 9.57. The van der Waals surface area contributed by atoms with E-state index in [4.69, 9.17) is 10.5 Å². The first-order valence-electron chi connectivity index (χ1n) is 17.8. The van der Waals surface area contributed by atoms with Gasteiger partial charge in [-0.25, -0.2) is 18.2 Å². The second-order valence-corrected chi connectivity index (χ2v) is 16.5. The molecule has 8 rings (SSSR count). The summed E-state index contributed by atoms with van der Waals surface area (Å²) in [7, 11) is 0. The molecular formula is C37H34F6N8O2S2.